The largest absolute Gasteiger partial charge is 0.487 e. The topological polar surface area (TPSA) is 75.0 Å². The first kappa shape index (κ1) is 19.3. The molecule has 0 spiro atoms. The molecule has 140 valence electrons. The molecule has 3 aromatic rings. The Morgan fingerprint density at radius 2 is 1.96 bits per heavy atom. The molecule has 0 atom stereocenters. The summed E-state index contributed by atoms with van der Waals surface area (Å²) in [5, 5.41) is 14.0. The molecule has 0 unspecified atom stereocenters. The first-order valence-electron chi connectivity index (χ1n) is 8.80. The number of carbonyl (C=O) groups excluding carboxylic acids is 1. The minimum Gasteiger partial charge on any atom is -0.487 e. The molecule has 28 heavy (non-hydrogen) atoms. The van der Waals surface area contributed by atoms with Gasteiger partial charge in [0.1, 0.15) is 24.0 Å². The summed E-state index contributed by atoms with van der Waals surface area (Å²) in [6.07, 6.45) is 2.49. The lowest BCUT2D eigenvalue weighted by Gasteiger charge is -2.06. The van der Waals surface area contributed by atoms with Crippen LogP contribution in [0.2, 0.25) is 0 Å². The number of rotatable bonds is 7. The highest BCUT2D eigenvalue weighted by Gasteiger charge is 2.09. The van der Waals surface area contributed by atoms with Crippen LogP contribution in [0.25, 0.3) is 6.08 Å². The van der Waals surface area contributed by atoms with Crippen LogP contribution in [0.15, 0.2) is 65.0 Å². The molecule has 0 aliphatic rings. The van der Waals surface area contributed by atoms with Crippen molar-refractivity contribution in [1.82, 2.24) is 4.98 Å². The van der Waals surface area contributed by atoms with Crippen LogP contribution in [-0.4, -0.2) is 10.9 Å². The van der Waals surface area contributed by atoms with Gasteiger partial charge in [-0.25, -0.2) is 4.98 Å². The quantitative estimate of drug-likeness (QED) is 0.464. The fourth-order valence-corrected chi connectivity index (χ4v) is 3.01. The van der Waals surface area contributed by atoms with E-state index in [4.69, 9.17) is 4.74 Å². The number of aromatic nitrogens is 1. The maximum atomic E-state index is 12.4. The van der Waals surface area contributed by atoms with Crippen LogP contribution in [0, 0.1) is 11.3 Å². The zero-order valence-electron chi connectivity index (χ0n) is 15.4. The van der Waals surface area contributed by atoms with Crippen LogP contribution < -0.4 is 10.1 Å². The second-order valence-corrected chi connectivity index (χ2v) is 6.73. The fraction of sp³-hybridized carbons (Fsp3) is 0.136. The number of amides is 1. The summed E-state index contributed by atoms with van der Waals surface area (Å²) in [4.78, 5) is 16.5. The third-order valence-corrected chi connectivity index (χ3v) is 4.68. The molecule has 5 nitrogen and oxygen atoms in total. The third kappa shape index (κ3) is 5.29. The second kappa shape index (κ2) is 9.49. The molecule has 1 N–H and O–H groups in total. The van der Waals surface area contributed by atoms with Crippen molar-refractivity contribution < 1.29 is 9.53 Å². The lowest BCUT2D eigenvalue weighted by Crippen LogP contribution is -2.13. The predicted octanol–water partition coefficient (Wildman–Crippen LogP) is 4.83. The molecule has 1 heterocycles. The maximum Gasteiger partial charge on any atom is 0.266 e. The molecule has 3 rings (SSSR count). The minimum atomic E-state index is -0.435. The highest BCUT2D eigenvalue weighted by atomic mass is 32.1. The predicted molar refractivity (Wildman–Crippen MR) is 111 cm³/mol. The van der Waals surface area contributed by atoms with Gasteiger partial charge in [-0.2, -0.15) is 5.26 Å². The van der Waals surface area contributed by atoms with Gasteiger partial charge in [0.25, 0.3) is 5.91 Å². The Bertz CT molecular complexity index is 986. The van der Waals surface area contributed by atoms with Gasteiger partial charge in [0.15, 0.2) is 0 Å². The van der Waals surface area contributed by atoms with Crippen molar-refractivity contribution in [2.24, 2.45) is 0 Å². The molecule has 6 heteroatoms. The summed E-state index contributed by atoms with van der Waals surface area (Å²) in [6, 6.07) is 16.7. The smallest absolute Gasteiger partial charge is 0.266 e. The summed E-state index contributed by atoms with van der Waals surface area (Å²) in [5.41, 5.74) is 5.27. The van der Waals surface area contributed by atoms with Gasteiger partial charge in [-0.05, 0) is 47.9 Å². The van der Waals surface area contributed by atoms with Crippen LogP contribution in [-0.2, 0) is 17.8 Å². The van der Waals surface area contributed by atoms with E-state index in [0.29, 0.717) is 18.0 Å². The lowest BCUT2D eigenvalue weighted by atomic mass is 10.1. The van der Waals surface area contributed by atoms with E-state index in [9.17, 15) is 10.1 Å². The van der Waals surface area contributed by atoms with Gasteiger partial charge in [0.2, 0.25) is 0 Å². The lowest BCUT2D eigenvalue weighted by molar-refractivity contribution is -0.112. The van der Waals surface area contributed by atoms with Crippen molar-refractivity contribution in [1.29, 1.82) is 5.26 Å². The SMILES string of the molecule is CCc1ccc(NC(=O)/C(C#N)=C/c2ccc(OCc3cscn3)cc2)cc1. The molecule has 0 radical (unpaired) electrons. The van der Waals surface area contributed by atoms with E-state index in [1.807, 2.05) is 35.7 Å². The van der Waals surface area contributed by atoms with Crippen LogP contribution in [0.1, 0.15) is 23.7 Å². The Morgan fingerprint density at radius 3 is 2.57 bits per heavy atom. The third-order valence-electron chi connectivity index (χ3n) is 4.05. The number of benzene rings is 2. The van der Waals surface area contributed by atoms with Gasteiger partial charge < -0.3 is 10.1 Å². The summed E-state index contributed by atoms with van der Waals surface area (Å²) < 4.78 is 5.66. The fourth-order valence-electron chi connectivity index (χ4n) is 2.46. The Hall–Kier alpha value is -3.43. The van der Waals surface area contributed by atoms with E-state index >= 15 is 0 Å². The molecule has 1 aromatic heterocycles. The number of thiazole rings is 1. The van der Waals surface area contributed by atoms with Gasteiger partial charge in [-0.15, -0.1) is 11.3 Å². The van der Waals surface area contributed by atoms with Crippen LogP contribution in [0.4, 0.5) is 5.69 Å². The molecule has 0 bridgehead atoms. The number of hydrogen-bond acceptors (Lipinski definition) is 5. The van der Waals surface area contributed by atoms with Gasteiger partial charge in [-0.3, -0.25) is 4.79 Å². The Morgan fingerprint density at radius 1 is 1.21 bits per heavy atom. The summed E-state index contributed by atoms with van der Waals surface area (Å²) in [6.45, 7) is 2.47. The Labute approximate surface area is 167 Å². The number of nitrogens with zero attached hydrogens (tertiary/aromatic N) is 2. The normalized spacial score (nSPS) is 10.9. The molecule has 2 aromatic carbocycles. The van der Waals surface area contributed by atoms with Gasteiger partial charge in [0.05, 0.1) is 11.2 Å². The number of ether oxygens (including phenoxy) is 1. The number of anilines is 1. The first-order chi connectivity index (χ1) is 13.7. The molecular weight excluding hydrogens is 370 g/mol. The van der Waals surface area contributed by atoms with Crippen molar-refractivity contribution >= 4 is 29.0 Å². The zero-order chi connectivity index (χ0) is 19.8. The average molecular weight is 389 g/mol. The zero-order valence-corrected chi connectivity index (χ0v) is 16.2. The average Bonchev–Trinajstić information content (AvgIpc) is 3.25. The van der Waals surface area contributed by atoms with E-state index in [2.05, 4.69) is 17.2 Å². The van der Waals surface area contributed by atoms with Crippen molar-refractivity contribution in [2.75, 3.05) is 5.32 Å². The van der Waals surface area contributed by atoms with Crippen molar-refractivity contribution in [3.05, 3.63) is 81.8 Å². The molecular formula is C22H19N3O2S. The standard InChI is InChI=1S/C22H19N3O2S/c1-2-16-3-7-19(8-4-16)25-22(26)18(12-23)11-17-5-9-21(10-6-17)27-13-20-14-28-15-24-20/h3-11,14-15H,2,13H2,1H3,(H,25,26)/b18-11+. The van der Waals surface area contributed by atoms with Crippen molar-refractivity contribution in [3.8, 4) is 11.8 Å². The van der Waals surface area contributed by atoms with Crippen LogP contribution in [0.5, 0.6) is 5.75 Å². The van der Waals surface area contributed by atoms with E-state index in [0.717, 1.165) is 17.7 Å². The van der Waals surface area contributed by atoms with Crippen molar-refractivity contribution in [3.63, 3.8) is 0 Å². The molecule has 1 amide bonds. The highest BCUT2D eigenvalue weighted by molar-refractivity contribution is 7.07. The summed E-state index contributed by atoms with van der Waals surface area (Å²) in [5.74, 6) is 0.264. The maximum absolute atomic E-state index is 12.4. The Kier molecular flexibility index (Phi) is 6.55. The van der Waals surface area contributed by atoms with Crippen LogP contribution >= 0.6 is 11.3 Å². The van der Waals surface area contributed by atoms with Gasteiger partial charge in [-0.1, -0.05) is 31.2 Å². The Balaban J connectivity index is 1.63. The number of carbonyl (C=O) groups is 1. The van der Waals surface area contributed by atoms with Crippen LogP contribution in [0.3, 0.4) is 0 Å². The van der Waals surface area contributed by atoms with E-state index in [-0.39, 0.29) is 5.57 Å². The van der Waals surface area contributed by atoms with Gasteiger partial charge >= 0.3 is 0 Å². The molecule has 0 saturated carbocycles. The highest BCUT2D eigenvalue weighted by Crippen LogP contribution is 2.17. The monoisotopic (exact) mass is 389 g/mol. The first-order valence-corrected chi connectivity index (χ1v) is 9.74. The number of nitriles is 1. The van der Waals surface area contributed by atoms with E-state index in [1.54, 1.807) is 35.9 Å². The van der Waals surface area contributed by atoms with Gasteiger partial charge in [0, 0.05) is 11.1 Å². The second-order valence-electron chi connectivity index (χ2n) is 6.01. The van der Waals surface area contributed by atoms with E-state index < -0.39 is 5.91 Å². The molecule has 0 fully saturated rings. The summed E-state index contributed by atoms with van der Waals surface area (Å²) >= 11 is 1.52. The van der Waals surface area contributed by atoms with E-state index in [1.165, 1.54) is 16.9 Å². The van der Waals surface area contributed by atoms with Crippen molar-refractivity contribution in [2.45, 2.75) is 20.0 Å². The minimum absolute atomic E-state index is 0.0377. The number of hydrogen-bond donors (Lipinski definition) is 1. The summed E-state index contributed by atoms with van der Waals surface area (Å²) in [7, 11) is 0. The molecule has 0 aliphatic heterocycles. The molecule has 0 saturated heterocycles. The molecule has 0 aliphatic carbocycles. The number of aryl methyl sites for hydroxylation is 1. The number of nitrogens with one attached hydrogen (secondary N) is 1.